The molecular weight excluding hydrogens is 272 g/mol. The van der Waals surface area contributed by atoms with Gasteiger partial charge >= 0.3 is 6.03 Å². The molecule has 1 aliphatic rings. The van der Waals surface area contributed by atoms with Crippen molar-refractivity contribution in [2.24, 2.45) is 5.92 Å². The van der Waals surface area contributed by atoms with Gasteiger partial charge in [-0.3, -0.25) is 4.21 Å². The second kappa shape index (κ2) is 6.92. The molecule has 0 aliphatic heterocycles. The fourth-order valence-corrected chi connectivity index (χ4v) is 3.31. The number of urea groups is 1. The molecule has 0 heterocycles. The number of amides is 2. The van der Waals surface area contributed by atoms with Crippen molar-refractivity contribution in [3.8, 4) is 0 Å². The van der Waals surface area contributed by atoms with E-state index < -0.39 is 10.8 Å². The van der Waals surface area contributed by atoms with Crippen LogP contribution in [-0.4, -0.2) is 32.8 Å². The Morgan fingerprint density at radius 2 is 1.85 bits per heavy atom. The Labute approximate surface area is 125 Å². The van der Waals surface area contributed by atoms with Gasteiger partial charge in [0.15, 0.2) is 0 Å². The number of hydrogen-bond donors (Lipinski definition) is 2. The van der Waals surface area contributed by atoms with Crippen LogP contribution in [0.15, 0.2) is 0 Å². The summed E-state index contributed by atoms with van der Waals surface area (Å²) in [5, 5.41) is 5.91. The third kappa shape index (κ3) is 5.81. The Morgan fingerprint density at radius 1 is 1.30 bits per heavy atom. The van der Waals surface area contributed by atoms with Crippen molar-refractivity contribution in [1.29, 1.82) is 0 Å². The summed E-state index contributed by atoms with van der Waals surface area (Å²) in [4.78, 5) is 11.9. The van der Waals surface area contributed by atoms with Crippen LogP contribution >= 0.6 is 0 Å². The van der Waals surface area contributed by atoms with Crippen LogP contribution in [0.25, 0.3) is 0 Å². The van der Waals surface area contributed by atoms with Gasteiger partial charge in [-0.2, -0.15) is 0 Å². The third-order valence-corrected chi connectivity index (χ3v) is 5.99. The summed E-state index contributed by atoms with van der Waals surface area (Å²) in [6, 6.07) is -0.132. The zero-order chi connectivity index (χ0) is 15.4. The number of rotatable bonds is 4. The average Bonchev–Trinajstić information content (AvgIpc) is 2.32. The normalized spacial score (nSPS) is 28.8. The second-order valence-electron chi connectivity index (χ2n) is 7.29. The fourth-order valence-electron chi connectivity index (χ4n) is 2.41. The quantitative estimate of drug-likeness (QED) is 0.839. The van der Waals surface area contributed by atoms with E-state index in [1.54, 1.807) is 0 Å². The van der Waals surface area contributed by atoms with E-state index in [0.29, 0.717) is 12.3 Å². The van der Waals surface area contributed by atoms with Crippen LogP contribution in [0.1, 0.15) is 60.3 Å². The van der Waals surface area contributed by atoms with E-state index in [0.717, 1.165) is 18.8 Å². The molecule has 0 spiro atoms. The lowest BCUT2D eigenvalue weighted by Crippen LogP contribution is -2.52. The molecule has 1 saturated carbocycles. The molecule has 118 valence electrons. The number of carbonyl (C=O) groups excluding carboxylic acids is 1. The Balaban J connectivity index is 2.29. The zero-order valence-electron chi connectivity index (χ0n) is 13.5. The summed E-state index contributed by atoms with van der Waals surface area (Å²) in [5.41, 5.74) is -0.0836. The van der Waals surface area contributed by atoms with Crippen LogP contribution in [0.3, 0.4) is 0 Å². The highest BCUT2D eigenvalue weighted by atomic mass is 32.2. The van der Waals surface area contributed by atoms with Crippen molar-refractivity contribution >= 4 is 16.8 Å². The average molecular weight is 302 g/mol. The third-order valence-electron chi connectivity index (χ3n) is 4.05. The Bertz CT molecular complexity index is 355. The molecule has 0 bridgehead atoms. The predicted octanol–water partition coefficient (Wildman–Crippen LogP) is 2.80. The van der Waals surface area contributed by atoms with Gasteiger partial charge in [0.2, 0.25) is 0 Å². The maximum absolute atomic E-state index is 11.9. The van der Waals surface area contributed by atoms with Gasteiger partial charge in [-0.15, -0.1) is 0 Å². The highest BCUT2D eigenvalue weighted by molar-refractivity contribution is 7.86. The van der Waals surface area contributed by atoms with Crippen LogP contribution in [0.4, 0.5) is 4.79 Å². The molecule has 0 aromatic carbocycles. The van der Waals surface area contributed by atoms with Gasteiger partial charge in [0.1, 0.15) is 0 Å². The van der Waals surface area contributed by atoms with E-state index in [4.69, 9.17) is 0 Å². The van der Waals surface area contributed by atoms with E-state index in [2.05, 4.69) is 24.5 Å². The molecule has 5 heteroatoms. The molecular formula is C15H30N2O2S. The van der Waals surface area contributed by atoms with Gasteiger partial charge in [0, 0.05) is 33.4 Å². The smallest absolute Gasteiger partial charge is 0.315 e. The van der Waals surface area contributed by atoms with Gasteiger partial charge in [0.25, 0.3) is 0 Å². The molecule has 2 N–H and O–H groups in total. The van der Waals surface area contributed by atoms with E-state index in [9.17, 15) is 9.00 Å². The Morgan fingerprint density at radius 3 is 2.35 bits per heavy atom. The van der Waals surface area contributed by atoms with Crippen LogP contribution < -0.4 is 10.6 Å². The molecule has 1 fully saturated rings. The minimum atomic E-state index is -0.918. The van der Waals surface area contributed by atoms with Crippen LogP contribution in [0.2, 0.25) is 0 Å². The van der Waals surface area contributed by atoms with E-state index in [1.807, 2.05) is 20.8 Å². The standard InChI is InChI=1S/C15H30N2O2S/c1-12-6-8-15(5,9-7-12)17-13(18)16-10-11-20(19)14(2,3)4/h12H,6-11H2,1-5H3,(H2,16,17,18)/t12?,15?,20-/m1/s1. The molecule has 0 aromatic heterocycles. The van der Waals surface area contributed by atoms with Crippen molar-refractivity contribution in [2.75, 3.05) is 12.3 Å². The summed E-state index contributed by atoms with van der Waals surface area (Å²) in [6.45, 7) is 10.7. The molecule has 2 amide bonds. The van der Waals surface area contributed by atoms with Gasteiger partial charge in [-0.1, -0.05) is 6.92 Å². The van der Waals surface area contributed by atoms with Crippen molar-refractivity contribution in [1.82, 2.24) is 10.6 Å². The molecule has 0 saturated heterocycles. The van der Waals surface area contributed by atoms with Gasteiger partial charge < -0.3 is 10.6 Å². The van der Waals surface area contributed by atoms with Crippen LogP contribution in [-0.2, 0) is 10.8 Å². The first-order valence-corrected chi connectivity index (χ1v) is 8.89. The maximum atomic E-state index is 11.9. The van der Waals surface area contributed by atoms with Gasteiger partial charge in [-0.25, -0.2) is 4.79 Å². The number of hydrogen-bond acceptors (Lipinski definition) is 2. The summed E-state index contributed by atoms with van der Waals surface area (Å²) < 4.78 is 11.7. The zero-order valence-corrected chi connectivity index (χ0v) is 14.4. The lowest BCUT2D eigenvalue weighted by Gasteiger charge is -2.37. The largest absolute Gasteiger partial charge is 0.337 e. The molecule has 0 radical (unpaired) electrons. The highest BCUT2D eigenvalue weighted by Gasteiger charge is 2.30. The summed E-state index contributed by atoms with van der Waals surface area (Å²) in [7, 11) is -0.918. The Hall–Kier alpha value is -0.580. The number of nitrogens with one attached hydrogen (secondary N) is 2. The lowest BCUT2D eigenvalue weighted by molar-refractivity contribution is 0.196. The van der Waals surface area contributed by atoms with E-state index in [1.165, 1.54) is 12.8 Å². The molecule has 1 aliphatic carbocycles. The topological polar surface area (TPSA) is 58.2 Å². The van der Waals surface area contributed by atoms with Gasteiger partial charge in [0.05, 0.1) is 0 Å². The van der Waals surface area contributed by atoms with Gasteiger partial charge in [-0.05, 0) is 59.3 Å². The Kier molecular flexibility index (Phi) is 6.05. The summed E-state index contributed by atoms with van der Waals surface area (Å²) in [5.74, 6) is 1.27. The minimum Gasteiger partial charge on any atom is -0.337 e. The lowest BCUT2D eigenvalue weighted by atomic mass is 9.78. The molecule has 0 unspecified atom stereocenters. The summed E-state index contributed by atoms with van der Waals surface area (Å²) in [6.07, 6.45) is 4.42. The molecule has 4 nitrogen and oxygen atoms in total. The SMILES string of the molecule is CC1CCC(C)(NC(=O)NCC[S@@](=O)C(C)(C)C)CC1. The monoisotopic (exact) mass is 302 g/mol. The predicted molar refractivity (Wildman–Crippen MR) is 85.3 cm³/mol. The molecule has 20 heavy (non-hydrogen) atoms. The maximum Gasteiger partial charge on any atom is 0.315 e. The van der Waals surface area contributed by atoms with E-state index >= 15 is 0 Å². The first-order valence-electron chi connectivity index (χ1n) is 7.57. The highest BCUT2D eigenvalue weighted by Crippen LogP contribution is 2.31. The first-order chi connectivity index (χ1) is 9.12. The minimum absolute atomic E-state index is 0.0836. The second-order valence-corrected chi connectivity index (χ2v) is 9.61. The molecule has 1 atom stereocenters. The van der Waals surface area contributed by atoms with Crippen molar-refractivity contribution in [3.05, 3.63) is 0 Å². The van der Waals surface area contributed by atoms with Crippen molar-refractivity contribution < 1.29 is 9.00 Å². The van der Waals surface area contributed by atoms with E-state index in [-0.39, 0.29) is 16.3 Å². The van der Waals surface area contributed by atoms with Crippen LogP contribution in [0.5, 0.6) is 0 Å². The molecule has 1 rings (SSSR count). The first kappa shape index (κ1) is 17.5. The number of carbonyl (C=O) groups is 1. The van der Waals surface area contributed by atoms with Crippen molar-refractivity contribution in [3.63, 3.8) is 0 Å². The molecule has 0 aromatic rings. The summed E-state index contributed by atoms with van der Waals surface area (Å²) >= 11 is 0. The van der Waals surface area contributed by atoms with Crippen molar-refractivity contribution in [2.45, 2.75) is 70.6 Å². The van der Waals surface area contributed by atoms with Crippen LogP contribution in [0, 0.1) is 5.92 Å². The fraction of sp³-hybridized carbons (Fsp3) is 0.933.